The molecule has 0 fully saturated rings. The molecule has 0 heterocycles. The number of ether oxygens (including phenoxy) is 2. The Balaban J connectivity index is 3.32. The lowest BCUT2D eigenvalue weighted by atomic mass is 10.0. The molecule has 0 spiro atoms. The number of carbonyl (C=O) groups is 1. The third kappa shape index (κ3) is 4.23. The van der Waals surface area contributed by atoms with Crippen LogP contribution in [0.5, 0.6) is 5.75 Å². The Bertz CT molecular complexity index is 545. The van der Waals surface area contributed by atoms with Crippen molar-refractivity contribution >= 4 is 28.0 Å². The molecule has 0 saturated heterocycles. The van der Waals surface area contributed by atoms with Crippen LogP contribution in [0.4, 0.5) is 0 Å². The van der Waals surface area contributed by atoms with Crippen molar-refractivity contribution in [3.05, 3.63) is 45.5 Å². The molecule has 0 saturated carbocycles. The number of halogens is 1. The van der Waals surface area contributed by atoms with Gasteiger partial charge in [0.25, 0.3) is 0 Å². The lowest BCUT2D eigenvalue weighted by molar-refractivity contribution is -0.135. The zero-order valence-corrected chi connectivity index (χ0v) is 13.8. The van der Waals surface area contributed by atoms with Gasteiger partial charge in [0.05, 0.1) is 19.8 Å². The van der Waals surface area contributed by atoms with Crippen molar-refractivity contribution in [2.75, 3.05) is 14.2 Å². The van der Waals surface area contributed by atoms with Gasteiger partial charge < -0.3 is 9.47 Å². The van der Waals surface area contributed by atoms with Crippen LogP contribution in [-0.2, 0) is 9.53 Å². The highest BCUT2D eigenvalue weighted by Crippen LogP contribution is 2.28. The van der Waals surface area contributed by atoms with E-state index >= 15 is 0 Å². The minimum Gasteiger partial charge on any atom is -0.497 e. The highest BCUT2D eigenvalue weighted by Gasteiger charge is 2.09. The van der Waals surface area contributed by atoms with Crippen molar-refractivity contribution in [2.45, 2.75) is 20.3 Å². The summed E-state index contributed by atoms with van der Waals surface area (Å²) in [5, 5.41) is 0. The van der Waals surface area contributed by atoms with Gasteiger partial charge in [0.2, 0.25) is 0 Å². The summed E-state index contributed by atoms with van der Waals surface area (Å²) in [6, 6.07) is 3.79. The molecule has 1 aromatic rings. The van der Waals surface area contributed by atoms with Gasteiger partial charge in [0.15, 0.2) is 0 Å². The summed E-state index contributed by atoms with van der Waals surface area (Å²) < 4.78 is 11.0. The molecule has 0 aliphatic carbocycles. The highest BCUT2D eigenvalue weighted by molar-refractivity contribution is 9.10. The molecular formula is C16H19BrO3. The average molecular weight is 339 g/mol. The number of allylic oxidation sites excluding steroid dienone is 1. The van der Waals surface area contributed by atoms with Crippen LogP contribution in [0.15, 0.2) is 34.3 Å². The van der Waals surface area contributed by atoms with Crippen LogP contribution in [0.25, 0.3) is 6.08 Å². The zero-order valence-electron chi connectivity index (χ0n) is 12.2. The summed E-state index contributed by atoms with van der Waals surface area (Å²) in [5.41, 5.74) is 2.46. The molecule has 0 radical (unpaired) electrons. The van der Waals surface area contributed by atoms with Gasteiger partial charge >= 0.3 is 5.97 Å². The number of rotatable bonds is 5. The van der Waals surface area contributed by atoms with Crippen LogP contribution in [0, 0.1) is 6.92 Å². The molecule has 0 amide bonds. The fourth-order valence-corrected chi connectivity index (χ4v) is 2.10. The first kappa shape index (κ1) is 16.5. The predicted molar refractivity (Wildman–Crippen MR) is 84.9 cm³/mol. The zero-order chi connectivity index (χ0) is 15.1. The number of esters is 1. The summed E-state index contributed by atoms with van der Waals surface area (Å²) in [5.74, 6) is 0.380. The van der Waals surface area contributed by atoms with Crippen LogP contribution < -0.4 is 4.74 Å². The predicted octanol–water partition coefficient (Wildman–Crippen LogP) is 4.29. The lowest BCUT2D eigenvalue weighted by Gasteiger charge is -2.09. The van der Waals surface area contributed by atoms with Crippen molar-refractivity contribution < 1.29 is 14.3 Å². The third-order valence-corrected chi connectivity index (χ3v) is 3.68. The topological polar surface area (TPSA) is 35.5 Å². The Morgan fingerprint density at radius 3 is 2.60 bits per heavy atom. The van der Waals surface area contributed by atoms with E-state index in [1.807, 2.05) is 32.1 Å². The van der Waals surface area contributed by atoms with E-state index < -0.39 is 0 Å². The van der Waals surface area contributed by atoms with Gasteiger partial charge in [0.1, 0.15) is 5.75 Å². The molecule has 0 bridgehead atoms. The molecule has 1 aromatic carbocycles. The summed E-state index contributed by atoms with van der Waals surface area (Å²) in [7, 11) is 2.99. The third-order valence-electron chi connectivity index (χ3n) is 2.86. The average Bonchev–Trinajstić information content (AvgIpc) is 2.46. The summed E-state index contributed by atoms with van der Waals surface area (Å²) in [4.78, 5) is 11.8. The molecular weight excluding hydrogens is 320 g/mol. The normalized spacial score (nSPS) is 11.8. The summed E-state index contributed by atoms with van der Waals surface area (Å²) >= 11 is 3.49. The standard InChI is InChI=1S/C16H19BrO3/c1-5-6-7-12(16(18)20-4)8-13-9-14(19-3)10-15(17)11(13)2/h6-10H,5H2,1-4H3/b7-6+,12-8+. The molecule has 20 heavy (non-hydrogen) atoms. The second kappa shape index (κ2) is 7.90. The Kier molecular flexibility index (Phi) is 6.52. The number of carbonyl (C=O) groups excluding carboxylic acids is 1. The van der Waals surface area contributed by atoms with Crippen LogP contribution in [0.3, 0.4) is 0 Å². The van der Waals surface area contributed by atoms with E-state index in [-0.39, 0.29) is 5.97 Å². The van der Waals surface area contributed by atoms with E-state index in [4.69, 9.17) is 9.47 Å². The van der Waals surface area contributed by atoms with Crippen molar-refractivity contribution in [3.63, 3.8) is 0 Å². The number of benzene rings is 1. The first-order valence-corrected chi connectivity index (χ1v) is 7.13. The minimum absolute atomic E-state index is 0.354. The highest BCUT2D eigenvalue weighted by atomic mass is 79.9. The van der Waals surface area contributed by atoms with Crippen molar-refractivity contribution in [1.29, 1.82) is 0 Å². The monoisotopic (exact) mass is 338 g/mol. The molecule has 4 heteroatoms. The number of methoxy groups -OCH3 is 2. The van der Waals surface area contributed by atoms with Crippen LogP contribution >= 0.6 is 15.9 Å². The van der Waals surface area contributed by atoms with Crippen LogP contribution in [-0.4, -0.2) is 20.2 Å². The van der Waals surface area contributed by atoms with E-state index in [1.54, 1.807) is 19.3 Å². The minimum atomic E-state index is -0.354. The van der Waals surface area contributed by atoms with E-state index in [9.17, 15) is 4.79 Å². The van der Waals surface area contributed by atoms with Gasteiger partial charge in [0, 0.05) is 4.47 Å². The van der Waals surface area contributed by atoms with Gasteiger partial charge in [-0.2, -0.15) is 0 Å². The van der Waals surface area contributed by atoms with Gasteiger partial charge in [-0.25, -0.2) is 4.79 Å². The quantitative estimate of drug-likeness (QED) is 0.456. The van der Waals surface area contributed by atoms with Gasteiger partial charge in [-0.15, -0.1) is 0 Å². The van der Waals surface area contributed by atoms with Gasteiger partial charge in [-0.3, -0.25) is 0 Å². The molecule has 0 aliphatic heterocycles. The second-order valence-electron chi connectivity index (χ2n) is 4.23. The summed E-state index contributed by atoms with van der Waals surface area (Å²) in [6.45, 7) is 3.99. The fraction of sp³-hybridized carbons (Fsp3) is 0.312. The molecule has 0 N–H and O–H groups in total. The van der Waals surface area contributed by atoms with Gasteiger partial charge in [-0.1, -0.05) is 35.0 Å². The van der Waals surface area contributed by atoms with E-state index in [2.05, 4.69) is 15.9 Å². The molecule has 108 valence electrons. The Labute approximate surface area is 128 Å². The molecule has 3 nitrogen and oxygen atoms in total. The molecule has 0 aromatic heterocycles. The first-order valence-electron chi connectivity index (χ1n) is 6.34. The van der Waals surface area contributed by atoms with Crippen molar-refractivity contribution in [3.8, 4) is 5.75 Å². The Morgan fingerprint density at radius 2 is 2.05 bits per heavy atom. The van der Waals surface area contributed by atoms with E-state index in [0.29, 0.717) is 5.57 Å². The largest absolute Gasteiger partial charge is 0.497 e. The molecule has 0 aliphatic rings. The van der Waals surface area contributed by atoms with Crippen molar-refractivity contribution in [1.82, 2.24) is 0 Å². The maximum Gasteiger partial charge on any atom is 0.337 e. The Morgan fingerprint density at radius 1 is 1.35 bits per heavy atom. The first-order chi connectivity index (χ1) is 9.53. The van der Waals surface area contributed by atoms with E-state index in [0.717, 1.165) is 27.8 Å². The fourth-order valence-electron chi connectivity index (χ4n) is 1.65. The smallest absolute Gasteiger partial charge is 0.337 e. The maximum absolute atomic E-state index is 11.8. The summed E-state index contributed by atoms with van der Waals surface area (Å²) in [6.07, 6.45) is 6.36. The Hall–Kier alpha value is -1.55. The lowest BCUT2D eigenvalue weighted by Crippen LogP contribution is -2.03. The molecule has 0 unspecified atom stereocenters. The number of hydrogen-bond donors (Lipinski definition) is 0. The molecule has 1 rings (SSSR count). The van der Waals surface area contributed by atoms with Gasteiger partial charge in [-0.05, 0) is 42.7 Å². The van der Waals surface area contributed by atoms with E-state index in [1.165, 1.54) is 7.11 Å². The van der Waals surface area contributed by atoms with Crippen LogP contribution in [0.2, 0.25) is 0 Å². The number of hydrogen-bond acceptors (Lipinski definition) is 3. The molecule has 0 atom stereocenters. The SMILES string of the molecule is CC/C=C/C(=C\c1cc(OC)cc(Br)c1C)C(=O)OC. The van der Waals surface area contributed by atoms with Crippen LogP contribution in [0.1, 0.15) is 24.5 Å². The van der Waals surface area contributed by atoms with Crippen molar-refractivity contribution in [2.24, 2.45) is 0 Å². The maximum atomic E-state index is 11.8. The second-order valence-corrected chi connectivity index (χ2v) is 5.08.